The monoisotopic (exact) mass is 262 g/mol. The smallest absolute Gasteiger partial charge is 0.111 e. The summed E-state index contributed by atoms with van der Waals surface area (Å²) in [6.07, 6.45) is 1.93. The van der Waals surface area contributed by atoms with Gasteiger partial charge in [0.15, 0.2) is 0 Å². The first-order chi connectivity index (χ1) is 9.42. The predicted molar refractivity (Wildman–Crippen MR) is 78.7 cm³/mol. The molecule has 0 atom stereocenters. The van der Waals surface area contributed by atoms with Gasteiger partial charge in [-0.05, 0) is 18.2 Å². The Balaban J connectivity index is 1.97. The van der Waals surface area contributed by atoms with Crippen molar-refractivity contribution >= 4 is 23.7 Å². The second kappa shape index (κ2) is 4.21. The fraction of sp³-hybridized carbons (Fsp3) is 0. The SMILES string of the molecule is C1=Nc2ccccc2Sc2nc3cccccc-3c21. The molecule has 0 saturated heterocycles. The maximum atomic E-state index is 4.72. The van der Waals surface area contributed by atoms with Crippen LogP contribution in [0, 0.1) is 0 Å². The third kappa shape index (κ3) is 1.74. The highest BCUT2D eigenvalue weighted by Crippen LogP contribution is 2.42. The van der Waals surface area contributed by atoms with E-state index in [1.54, 1.807) is 11.8 Å². The molecule has 2 aliphatic heterocycles. The summed E-state index contributed by atoms with van der Waals surface area (Å²) in [5.41, 5.74) is 4.31. The summed E-state index contributed by atoms with van der Waals surface area (Å²) in [5.74, 6) is 0. The van der Waals surface area contributed by atoms with Crippen LogP contribution in [0.25, 0.3) is 11.3 Å². The number of benzene rings is 1. The first-order valence-corrected chi connectivity index (χ1v) is 6.93. The number of aliphatic imine (C=N–C) groups is 1. The standard InChI is InChI=1S/C16H10N2S/c1-2-6-11-12-10-17-14-8-4-5-9-15(14)19-16(12)18-13(11)7-3-1/h1-10H. The average Bonchev–Trinajstić information content (AvgIpc) is 2.62. The molecule has 4 rings (SSSR count). The second-order valence-electron chi connectivity index (χ2n) is 4.37. The van der Waals surface area contributed by atoms with Crippen LogP contribution in [0.2, 0.25) is 0 Å². The molecule has 90 valence electrons. The number of para-hydroxylation sites is 1. The van der Waals surface area contributed by atoms with E-state index in [9.17, 15) is 0 Å². The van der Waals surface area contributed by atoms with Crippen LogP contribution in [0.5, 0.6) is 0 Å². The van der Waals surface area contributed by atoms with Crippen molar-refractivity contribution in [2.24, 2.45) is 4.99 Å². The number of fused-ring (bicyclic) bond motifs is 4. The lowest BCUT2D eigenvalue weighted by atomic mass is 10.1. The molecule has 2 heterocycles. The summed E-state index contributed by atoms with van der Waals surface area (Å²) in [6.45, 7) is 0. The molecule has 0 fully saturated rings. The van der Waals surface area contributed by atoms with Crippen molar-refractivity contribution < 1.29 is 0 Å². The number of hydrogen-bond donors (Lipinski definition) is 0. The Morgan fingerprint density at radius 1 is 0.842 bits per heavy atom. The van der Waals surface area contributed by atoms with Crippen molar-refractivity contribution in [2.45, 2.75) is 9.92 Å². The molecule has 2 nitrogen and oxygen atoms in total. The van der Waals surface area contributed by atoms with Crippen LogP contribution in [-0.2, 0) is 0 Å². The minimum Gasteiger partial charge on any atom is -0.255 e. The Morgan fingerprint density at radius 3 is 2.68 bits per heavy atom. The maximum absolute atomic E-state index is 4.72. The zero-order chi connectivity index (χ0) is 12.7. The lowest BCUT2D eigenvalue weighted by molar-refractivity contribution is 1.21. The summed E-state index contributed by atoms with van der Waals surface area (Å²) >= 11 is 1.69. The summed E-state index contributed by atoms with van der Waals surface area (Å²) in [4.78, 5) is 10.5. The molecule has 0 spiro atoms. The van der Waals surface area contributed by atoms with Gasteiger partial charge in [0.1, 0.15) is 5.03 Å². The third-order valence-corrected chi connectivity index (χ3v) is 4.23. The van der Waals surface area contributed by atoms with E-state index < -0.39 is 0 Å². The molecular weight excluding hydrogens is 252 g/mol. The first kappa shape index (κ1) is 10.8. The van der Waals surface area contributed by atoms with Crippen LogP contribution in [0.1, 0.15) is 5.56 Å². The topological polar surface area (TPSA) is 25.2 Å². The molecule has 19 heavy (non-hydrogen) atoms. The fourth-order valence-corrected chi connectivity index (χ4v) is 3.24. The molecule has 0 bridgehead atoms. The van der Waals surface area contributed by atoms with Gasteiger partial charge < -0.3 is 0 Å². The average molecular weight is 262 g/mol. The molecule has 1 aromatic rings. The number of nitrogens with zero attached hydrogens (tertiary/aromatic N) is 2. The van der Waals surface area contributed by atoms with Gasteiger partial charge in [-0.15, -0.1) is 0 Å². The van der Waals surface area contributed by atoms with Gasteiger partial charge in [0.05, 0.1) is 11.4 Å². The van der Waals surface area contributed by atoms with Crippen molar-refractivity contribution in [2.75, 3.05) is 0 Å². The zero-order valence-electron chi connectivity index (χ0n) is 10.1. The molecule has 1 aliphatic carbocycles. The van der Waals surface area contributed by atoms with Gasteiger partial charge in [0.25, 0.3) is 0 Å². The Bertz CT molecular complexity index is 764. The summed E-state index contributed by atoms with van der Waals surface area (Å²) in [6, 6.07) is 18.4. The van der Waals surface area contributed by atoms with Gasteiger partial charge in [-0.3, -0.25) is 4.99 Å². The highest BCUT2D eigenvalue weighted by atomic mass is 32.2. The van der Waals surface area contributed by atoms with Gasteiger partial charge in [-0.25, -0.2) is 4.98 Å². The van der Waals surface area contributed by atoms with Crippen molar-refractivity contribution in [1.82, 2.24) is 4.98 Å². The van der Waals surface area contributed by atoms with Crippen LogP contribution < -0.4 is 0 Å². The van der Waals surface area contributed by atoms with Gasteiger partial charge in [-0.1, -0.05) is 48.2 Å². The molecule has 0 radical (unpaired) electrons. The van der Waals surface area contributed by atoms with Crippen LogP contribution in [0.4, 0.5) is 5.69 Å². The van der Waals surface area contributed by atoms with E-state index in [1.807, 2.05) is 48.7 Å². The lowest BCUT2D eigenvalue weighted by Gasteiger charge is -1.99. The molecule has 0 N–H and O–H groups in total. The third-order valence-electron chi connectivity index (χ3n) is 3.16. The fourth-order valence-electron chi connectivity index (χ4n) is 2.24. The van der Waals surface area contributed by atoms with E-state index in [4.69, 9.17) is 4.98 Å². The number of aromatic nitrogens is 1. The normalized spacial score (nSPS) is 12.8. The van der Waals surface area contributed by atoms with Crippen molar-refractivity contribution in [3.8, 4) is 11.3 Å². The van der Waals surface area contributed by atoms with E-state index in [0.29, 0.717) is 0 Å². The highest BCUT2D eigenvalue weighted by Gasteiger charge is 2.19. The van der Waals surface area contributed by atoms with Crippen molar-refractivity contribution in [3.05, 3.63) is 60.2 Å². The molecule has 1 aromatic carbocycles. The van der Waals surface area contributed by atoms with Gasteiger partial charge in [-0.2, -0.15) is 0 Å². The molecule has 0 unspecified atom stereocenters. The van der Waals surface area contributed by atoms with Gasteiger partial charge >= 0.3 is 0 Å². The Labute approximate surface area is 115 Å². The Hall–Kier alpha value is -2.13. The van der Waals surface area contributed by atoms with Crippen molar-refractivity contribution in [3.63, 3.8) is 0 Å². The molecule has 3 heteroatoms. The highest BCUT2D eigenvalue weighted by molar-refractivity contribution is 7.99. The lowest BCUT2D eigenvalue weighted by Crippen LogP contribution is -1.79. The second-order valence-corrected chi connectivity index (χ2v) is 5.40. The maximum Gasteiger partial charge on any atom is 0.111 e. The quantitative estimate of drug-likeness (QED) is 0.469. The molecule has 0 amide bonds. The number of rotatable bonds is 0. The summed E-state index contributed by atoms with van der Waals surface area (Å²) < 4.78 is 0. The molecule has 0 aromatic heterocycles. The largest absolute Gasteiger partial charge is 0.255 e. The van der Waals surface area contributed by atoms with Gasteiger partial charge in [0, 0.05) is 22.2 Å². The van der Waals surface area contributed by atoms with Crippen LogP contribution in [0.15, 0.2) is 69.5 Å². The van der Waals surface area contributed by atoms with Crippen molar-refractivity contribution in [1.29, 1.82) is 0 Å². The zero-order valence-corrected chi connectivity index (χ0v) is 10.9. The van der Waals surface area contributed by atoms with E-state index in [-0.39, 0.29) is 0 Å². The van der Waals surface area contributed by atoms with E-state index >= 15 is 0 Å². The van der Waals surface area contributed by atoms with Gasteiger partial charge in [0.2, 0.25) is 0 Å². The van der Waals surface area contributed by atoms with Crippen LogP contribution >= 0.6 is 11.8 Å². The number of hydrogen-bond acceptors (Lipinski definition) is 3. The predicted octanol–water partition coefficient (Wildman–Crippen LogP) is 4.40. The Kier molecular flexibility index (Phi) is 2.38. The first-order valence-electron chi connectivity index (χ1n) is 6.11. The van der Waals surface area contributed by atoms with E-state index in [1.165, 1.54) is 0 Å². The van der Waals surface area contributed by atoms with Crippen LogP contribution in [-0.4, -0.2) is 11.2 Å². The molecule has 3 aliphatic rings. The summed E-state index contributed by atoms with van der Waals surface area (Å²) in [7, 11) is 0. The summed E-state index contributed by atoms with van der Waals surface area (Å²) in [5, 5.41) is 1.04. The molecular formula is C16H10N2S. The minimum absolute atomic E-state index is 1.01. The van der Waals surface area contributed by atoms with E-state index in [2.05, 4.69) is 17.1 Å². The minimum atomic E-state index is 1.01. The van der Waals surface area contributed by atoms with Crippen LogP contribution in [0.3, 0.4) is 0 Å². The Morgan fingerprint density at radius 2 is 1.68 bits per heavy atom. The van der Waals surface area contributed by atoms with E-state index in [0.717, 1.165) is 32.4 Å². The molecule has 0 saturated carbocycles.